The van der Waals surface area contributed by atoms with Crippen LogP contribution in [0.3, 0.4) is 0 Å². The number of carbonyl (C=O) groups is 1. The van der Waals surface area contributed by atoms with Crippen LogP contribution in [0, 0.1) is 0 Å². The standard InChI is InChI=1S/C16H18N2O2/c1-20-14-9-7-13(8-10-14)16(19)18-15(11-17)12-5-3-2-4-6-12/h2-10,15H,11,17H2,1H3,(H,18,19). The zero-order valence-corrected chi connectivity index (χ0v) is 11.4. The number of amides is 1. The maximum atomic E-state index is 12.2. The Hall–Kier alpha value is -2.33. The lowest BCUT2D eigenvalue weighted by atomic mass is 10.1. The van der Waals surface area contributed by atoms with Gasteiger partial charge >= 0.3 is 0 Å². The Kier molecular flexibility index (Phi) is 4.74. The molecule has 0 radical (unpaired) electrons. The molecule has 2 aromatic rings. The molecule has 2 rings (SSSR count). The second-order valence-electron chi connectivity index (χ2n) is 4.40. The second-order valence-corrected chi connectivity index (χ2v) is 4.40. The zero-order valence-electron chi connectivity index (χ0n) is 11.4. The summed E-state index contributed by atoms with van der Waals surface area (Å²) in [6.07, 6.45) is 0. The molecule has 104 valence electrons. The highest BCUT2D eigenvalue weighted by molar-refractivity contribution is 5.94. The van der Waals surface area contributed by atoms with Gasteiger partial charge in [0.1, 0.15) is 5.75 Å². The van der Waals surface area contributed by atoms with E-state index in [1.165, 1.54) is 0 Å². The van der Waals surface area contributed by atoms with Crippen molar-refractivity contribution in [3.8, 4) is 5.75 Å². The van der Waals surface area contributed by atoms with Crippen molar-refractivity contribution >= 4 is 5.91 Å². The van der Waals surface area contributed by atoms with Crippen molar-refractivity contribution in [2.24, 2.45) is 5.73 Å². The van der Waals surface area contributed by atoms with E-state index in [4.69, 9.17) is 10.5 Å². The van der Waals surface area contributed by atoms with Crippen LogP contribution in [0.4, 0.5) is 0 Å². The quantitative estimate of drug-likeness (QED) is 0.874. The van der Waals surface area contributed by atoms with Crippen molar-refractivity contribution in [3.63, 3.8) is 0 Å². The first-order chi connectivity index (χ1) is 9.74. The number of nitrogens with two attached hydrogens (primary N) is 1. The smallest absolute Gasteiger partial charge is 0.251 e. The number of hydrogen-bond acceptors (Lipinski definition) is 3. The molecule has 0 aromatic heterocycles. The summed E-state index contributed by atoms with van der Waals surface area (Å²) in [5.74, 6) is 0.576. The molecule has 4 nitrogen and oxygen atoms in total. The second kappa shape index (κ2) is 6.73. The predicted molar refractivity (Wildman–Crippen MR) is 78.7 cm³/mol. The Morgan fingerprint density at radius 3 is 2.35 bits per heavy atom. The average Bonchev–Trinajstić information content (AvgIpc) is 2.53. The third-order valence-electron chi connectivity index (χ3n) is 3.10. The Balaban J connectivity index is 2.09. The normalized spacial score (nSPS) is 11.7. The van der Waals surface area contributed by atoms with Gasteiger partial charge < -0.3 is 15.8 Å². The Morgan fingerprint density at radius 1 is 1.15 bits per heavy atom. The van der Waals surface area contributed by atoms with Crippen LogP contribution in [0.2, 0.25) is 0 Å². The highest BCUT2D eigenvalue weighted by Gasteiger charge is 2.13. The largest absolute Gasteiger partial charge is 0.497 e. The van der Waals surface area contributed by atoms with Crippen molar-refractivity contribution in [2.75, 3.05) is 13.7 Å². The number of benzene rings is 2. The predicted octanol–water partition coefficient (Wildman–Crippen LogP) is 2.12. The van der Waals surface area contributed by atoms with Crippen molar-refractivity contribution in [3.05, 3.63) is 65.7 Å². The molecular formula is C16H18N2O2. The molecule has 1 unspecified atom stereocenters. The van der Waals surface area contributed by atoms with E-state index >= 15 is 0 Å². The maximum Gasteiger partial charge on any atom is 0.251 e. The Labute approximate surface area is 118 Å². The van der Waals surface area contributed by atoms with E-state index in [1.807, 2.05) is 30.3 Å². The first kappa shape index (κ1) is 14.1. The molecule has 1 atom stereocenters. The number of carbonyl (C=O) groups excluding carboxylic acids is 1. The van der Waals surface area contributed by atoms with Gasteiger partial charge in [0.15, 0.2) is 0 Å². The molecule has 0 aliphatic heterocycles. The number of hydrogen-bond donors (Lipinski definition) is 2. The lowest BCUT2D eigenvalue weighted by Crippen LogP contribution is -2.33. The highest BCUT2D eigenvalue weighted by Crippen LogP contribution is 2.14. The van der Waals surface area contributed by atoms with E-state index in [1.54, 1.807) is 31.4 Å². The molecule has 0 fully saturated rings. The van der Waals surface area contributed by atoms with Crippen LogP contribution < -0.4 is 15.8 Å². The summed E-state index contributed by atoms with van der Waals surface area (Å²) in [6.45, 7) is 0.353. The summed E-state index contributed by atoms with van der Waals surface area (Å²) in [7, 11) is 1.59. The molecule has 0 heterocycles. The fourth-order valence-electron chi connectivity index (χ4n) is 1.95. The lowest BCUT2D eigenvalue weighted by molar-refractivity contribution is 0.0938. The molecule has 0 aliphatic carbocycles. The molecular weight excluding hydrogens is 252 g/mol. The van der Waals surface area contributed by atoms with Crippen LogP contribution in [0.25, 0.3) is 0 Å². The molecule has 2 aromatic carbocycles. The minimum absolute atomic E-state index is 0.146. The molecule has 0 aliphatic rings. The third kappa shape index (κ3) is 3.36. The number of methoxy groups -OCH3 is 1. The van der Waals surface area contributed by atoms with Crippen molar-refractivity contribution < 1.29 is 9.53 Å². The summed E-state index contributed by atoms with van der Waals surface area (Å²) in [6, 6.07) is 16.5. The molecule has 0 saturated heterocycles. The minimum Gasteiger partial charge on any atom is -0.497 e. The van der Waals surface area contributed by atoms with Gasteiger partial charge in [0, 0.05) is 12.1 Å². The molecule has 0 spiro atoms. The fourth-order valence-corrected chi connectivity index (χ4v) is 1.95. The Morgan fingerprint density at radius 2 is 1.80 bits per heavy atom. The van der Waals surface area contributed by atoms with Crippen LogP contribution in [-0.2, 0) is 0 Å². The van der Waals surface area contributed by atoms with Gasteiger partial charge in [-0.05, 0) is 29.8 Å². The number of ether oxygens (including phenoxy) is 1. The van der Waals surface area contributed by atoms with Crippen molar-refractivity contribution in [2.45, 2.75) is 6.04 Å². The third-order valence-corrected chi connectivity index (χ3v) is 3.10. The minimum atomic E-state index is -0.189. The van der Waals surface area contributed by atoms with Crippen LogP contribution in [0.5, 0.6) is 5.75 Å². The molecule has 3 N–H and O–H groups in total. The monoisotopic (exact) mass is 270 g/mol. The molecule has 20 heavy (non-hydrogen) atoms. The summed E-state index contributed by atoms with van der Waals surface area (Å²) >= 11 is 0. The maximum absolute atomic E-state index is 12.2. The zero-order chi connectivity index (χ0) is 14.4. The first-order valence-corrected chi connectivity index (χ1v) is 6.44. The van der Waals surface area contributed by atoms with Gasteiger partial charge in [-0.2, -0.15) is 0 Å². The molecule has 0 bridgehead atoms. The van der Waals surface area contributed by atoms with Gasteiger partial charge in [-0.25, -0.2) is 0 Å². The average molecular weight is 270 g/mol. The summed E-state index contributed by atoms with van der Waals surface area (Å²) in [5, 5.41) is 2.93. The Bertz CT molecular complexity index is 552. The summed E-state index contributed by atoms with van der Waals surface area (Å²) in [4.78, 5) is 12.2. The van der Waals surface area contributed by atoms with Gasteiger partial charge in [-0.1, -0.05) is 30.3 Å². The van der Waals surface area contributed by atoms with Crippen LogP contribution in [0.1, 0.15) is 22.0 Å². The van der Waals surface area contributed by atoms with E-state index in [-0.39, 0.29) is 11.9 Å². The van der Waals surface area contributed by atoms with Gasteiger partial charge in [0.05, 0.1) is 13.2 Å². The van der Waals surface area contributed by atoms with E-state index < -0.39 is 0 Å². The molecule has 0 saturated carbocycles. The number of rotatable bonds is 5. The SMILES string of the molecule is COc1ccc(C(=O)NC(CN)c2ccccc2)cc1. The van der Waals surface area contributed by atoms with Gasteiger partial charge in [0.2, 0.25) is 0 Å². The van der Waals surface area contributed by atoms with Gasteiger partial charge in [0.25, 0.3) is 5.91 Å². The van der Waals surface area contributed by atoms with Gasteiger partial charge in [-0.3, -0.25) is 4.79 Å². The number of nitrogens with one attached hydrogen (secondary N) is 1. The first-order valence-electron chi connectivity index (χ1n) is 6.44. The van der Waals surface area contributed by atoms with E-state index in [0.717, 1.165) is 11.3 Å². The van der Waals surface area contributed by atoms with E-state index in [0.29, 0.717) is 12.1 Å². The van der Waals surface area contributed by atoms with E-state index in [9.17, 15) is 4.79 Å². The summed E-state index contributed by atoms with van der Waals surface area (Å²) in [5.41, 5.74) is 7.32. The van der Waals surface area contributed by atoms with Crippen LogP contribution >= 0.6 is 0 Å². The van der Waals surface area contributed by atoms with E-state index in [2.05, 4.69) is 5.32 Å². The highest BCUT2D eigenvalue weighted by atomic mass is 16.5. The summed E-state index contributed by atoms with van der Waals surface area (Å²) < 4.78 is 5.07. The van der Waals surface area contributed by atoms with Crippen LogP contribution in [0.15, 0.2) is 54.6 Å². The van der Waals surface area contributed by atoms with Crippen LogP contribution in [-0.4, -0.2) is 19.6 Å². The van der Waals surface area contributed by atoms with Gasteiger partial charge in [-0.15, -0.1) is 0 Å². The lowest BCUT2D eigenvalue weighted by Gasteiger charge is -2.17. The molecule has 1 amide bonds. The molecule has 4 heteroatoms. The topological polar surface area (TPSA) is 64.3 Å². The van der Waals surface area contributed by atoms with Crippen molar-refractivity contribution in [1.82, 2.24) is 5.32 Å². The fraction of sp³-hybridized carbons (Fsp3) is 0.188. The van der Waals surface area contributed by atoms with Crippen molar-refractivity contribution in [1.29, 1.82) is 0 Å².